The van der Waals surface area contributed by atoms with Crippen molar-refractivity contribution in [3.05, 3.63) is 66.1 Å². The van der Waals surface area contributed by atoms with Gasteiger partial charge in [-0.25, -0.2) is 4.79 Å². The highest BCUT2D eigenvalue weighted by atomic mass is 16.6. The fourth-order valence-corrected chi connectivity index (χ4v) is 7.17. The molecule has 31 heavy (non-hydrogen) atoms. The van der Waals surface area contributed by atoms with Gasteiger partial charge >= 0.3 is 5.97 Å². The Balaban J connectivity index is 1.59. The SMILES string of the molecule is C=C1c2ccoc2C[C@@H]2[C@H]1C[C@@H](OC(=O)c1ccccc1)[C@@]1(O)C(C)(C)CCC[C@]21C. The maximum atomic E-state index is 13.1. The van der Waals surface area contributed by atoms with Gasteiger partial charge in [0.2, 0.25) is 0 Å². The van der Waals surface area contributed by atoms with Crippen molar-refractivity contribution in [1.82, 2.24) is 0 Å². The molecule has 2 saturated carbocycles. The zero-order valence-corrected chi connectivity index (χ0v) is 18.7. The van der Waals surface area contributed by atoms with E-state index in [1.165, 1.54) is 0 Å². The average molecular weight is 421 g/mol. The minimum Gasteiger partial charge on any atom is -0.469 e. The number of carbonyl (C=O) groups excluding carboxylic acids is 1. The standard InChI is InChI=1S/C27H32O4/c1-17-19-11-14-30-22(19)16-21-20(17)15-23(31-24(28)18-9-6-5-7-10-18)27(29)25(2,3)12-8-13-26(21,27)4/h5-7,9-11,14,20-21,23,29H,1,8,12-13,15-16H2,2-4H3/t20-,21+,23+,26+,27+/m0/s1. The smallest absolute Gasteiger partial charge is 0.338 e. The summed E-state index contributed by atoms with van der Waals surface area (Å²) in [5.41, 5.74) is 0.729. The van der Waals surface area contributed by atoms with Gasteiger partial charge in [-0.3, -0.25) is 0 Å². The highest BCUT2D eigenvalue weighted by Gasteiger charge is 2.70. The van der Waals surface area contributed by atoms with Gasteiger partial charge in [-0.05, 0) is 60.3 Å². The average Bonchev–Trinajstić information content (AvgIpc) is 3.21. The fraction of sp³-hybridized carbons (Fsp3) is 0.519. The molecule has 0 unspecified atom stereocenters. The highest BCUT2D eigenvalue weighted by molar-refractivity contribution is 5.89. The molecule has 4 nitrogen and oxygen atoms in total. The largest absolute Gasteiger partial charge is 0.469 e. The predicted octanol–water partition coefficient (Wildman–Crippen LogP) is 5.66. The van der Waals surface area contributed by atoms with E-state index in [9.17, 15) is 9.90 Å². The molecule has 1 N–H and O–H groups in total. The lowest BCUT2D eigenvalue weighted by atomic mass is 9.41. The third-order valence-corrected chi connectivity index (χ3v) is 8.84. The molecular formula is C27H32O4. The van der Waals surface area contributed by atoms with E-state index in [1.807, 2.05) is 24.3 Å². The van der Waals surface area contributed by atoms with Gasteiger partial charge in [0, 0.05) is 17.4 Å². The lowest BCUT2D eigenvalue weighted by Gasteiger charge is -2.67. The van der Waals surface area contributed by atoms with Crippen molar-refractivity contribution in [3.8, 4) is 0 Å². The molecule has 164 valence electrons. The van der Waals surface area contributed by atoms with Crippen LogP contribution in [0.2, 0.25) is 0 Å². The summed E-state index contributed by atoms with van der Waals surface area (Å²) in [4.78, 5) is 13.1. The Kier molecular flexibility index (Phi) is 4.53. The molecule has 3 aliphatic rings. The van der Waals surface area contributed by atoms with Crippen LogP contribution in [-0.2, 0) is 11.2 Å². The normalized spacial score (nSPS) is 36.1. The van der Waals surface area contributed by atoms with Crippen LogP contribution in [0.25, 0.3) is 5.57 Å². The van der Waals surface area contributed by atoms with E-state index in [2.05, 4.69) is 27.4 Å². The van der Waals surface area contributed by atoms with Crippen LogP contribution in [0.5, 0.6) is 0 Å². The van der Waals surface area contributed by atoms with Gasteiger partial charge in [-0.1, -0.05) is 52.0 Å². The molecule has 4 heteroatoms. The number of allylic oxidation sites excluding steroid dienone is 1. The molecule has 0 aliphatic heterocycles. The molecule has 0 amide bonds. The Labute approximate surface area is 184 Å². The van der Waals surface area contributed by atoms with Crippen molar-refractivity contribution >= 4 is 11.5 Å². The molecule has 3 aliphatic carbocycles. The first kappa shape index (κ1) is 20.6. The van der Waals surface area contributed by atoms with E-state index in [-0.39, 0.29) is 23.2 Å². The number of hydrogen-bond donors (Lipinski definition) is 1. The summed E-state index contributed by atoms with van der Waals surface area (Å²) >= 11 is 0. The maximum absolute atomic E-state index is 13.1. The van der Waals surface area contributed by atoms with Gasteiger partial charge < -0.3 is 14.3 Å². The van der Waals surface area contributed by atoms with Crippen molar-refractivity contribution in [3.63, 3.8) is 0 Å². The van der Waals surface area contributed by atoms with Crippen molar-refractivity contribution in [1.29, 1.82) is 0 Å². The topological polar surface area (TPSA) is 59.7 Å². The molecule has 0 saturated heterocycles. The Hall–Kier alpha value is -2.33. The lowest BCUT2D eigenvalue weighted by Crippen LogP contribution is -2.72. The second-order valence-corrected chi connectivity index (χ2v) is 10.6. The van der Waals surface area contributed by atoms with Crippen molar-refractivity contribution in [2.24, 2.45) is 22.7 Å². The lowest BCUT2D eigenvalue weighted by molar-refractivity contribution is -0.279. The van der Waals surface area contributed by atoms with E-state index >= 15 is 0 Å². The molecule has 1 aromatic carbocycles. The second-order valence-electron chi connectivity index (χ2n) is 10.6. The quantitative estimate of drug-likeness (QED) is 0.637. The molecule has 0 spiro atoms. The molecular weight excluding hydrogens is 388 g/mol. The monoisotopic (exact) mass is 420 g/mol. The molecule has 0 bridgehead atoms. The number of benzene rings is 1. The zero-order valence-electron chi connectivity index (χ0n) is 18.7. The van der Waals surface area contributed by atoms with E-state index in [4.69, 9.17) is 9.15 Å². The van der Waals surface area contributed by atoms with Crippen LogP contribution in [0, 0.1) is 22.7 Å². The van der Waals surface area contributed by atoms with Crippen LogP contribution in [-0.4, -0.2) is 22.8 Å². The summed E-state index contributed by atoms with van der Waals surface area (Å²) in [5.74, 6) is 0.956. The molecule has 5 rings (SSSR count). The van der Waals surface area contributed by atoms with Crippen LogP contribution in [0.1, 0.15) is 68.1 Å². The number of ether oxygens (including phenoxy) is 1. The minimum absolute atomic E-state index is 0.151. The van der Waals surface area contributed by atoms with E-state index in [1.54, 1.807) is 18.4 Å². The maximum Gasteiger partial charge on any atom is 0.338 e. The van der Waals surface area contributed by atoms with Crippen molar-refractivity contribution < 1.29 is 19.1 Å². The van der Waals surface area contributed by atoms with Gasteiger partial charge in [0.15, 0.2) is 0 Å². The van der Waals surface area contributed by atoms with Gasteiger partial charge in [0.1, 0.15) is 17.5 Å². The molecule has 5 atom stereocenters. The van der Waals surface area contributed by atoms with Crippen LogP contribution in [0.4, 0.5) is 0 Å². The molecule has 2 aromatic rings. The third kappa shape index (κ3) is 2.73. The van der Waals surface area contributed by atoms with Gasteiger partial charge in [-0.15, -0.1) is 0 Å². The van der Waals surface area contributed by atoms with Crippen molar-refractivity contribution in [2.45, 2.75) is 64.6 Å². The summed E-state index contributed by atoms with van der Waals surface area (Å²) in [7, 11) is 0. The molecule has 0 radical (unpaired) electrons. The Morgan fingerprint density at radius 3 is 2.65 bits per heavy atom. The summed E-state index contributed by atoms with van der Waals surface area (Å²) < 4.78 is 12.0. The number of carbonyl (C=O) groups is 1. The summed E-state index contributed by atoms with van der Waals surface area (Å²) in [6.07, 6.45) is 5.37. The Morgan fingerprint density at radius 1 is 1.16 bits per heavy atom. The van der Waals surface area contributed by atoms with Crippen LogP contribution in [0.3, 0.4) is 0 Å². The summed E-state index contributed by atoms with van der Waals surface area (Å²) in [5, 5.41) is 12.5. The van der Waals surface area contributed by atoms with Crippen molar-refractivity contribution in [2.75, 3.05) is 0 Å². The number of furan rings is 1. The third-order valence-electron chi connectivity index (χ3n) is 8.84. The number of rotatable bonds is 2. The van der Waals surface area contributed by atoms with Gasteiger partial charge in [0.25, 0.3) is 0 Å². The van der Waals surface area contributed by atoms with E-state index < -0.39 is 17.1 Å². The zero-order chi connectivity index (χ0) is 22.0. The number of hydrogen-bond acceptors (Lipinski definition) is 4. The van der Waals surface area contributed by atoms with Gasteiger partial charge in [-0.2, -0.15) is 0 Å². The molecule has 1 aromatic heterocycles. The van der Waals surface area contributed by atoms with E-state index in [0.717, 1.165) is 42.6 Å². The Morgan fingerprint density at radius 2 is 1.90 bits per heavy atom. The number of esters is 1. The first-order valence-electron chi connectivity index (χ1n) is 11.4. The summed E-state index contributed by atoms with van der Waals surface area (Å²) in [6.45, 7) is 10.9. The first-order valence-corrected chi connectivity index (χ1v) is 11.4. The Bertz CT molecular complexity index is 1020. The summed E-state index contributed by atoms with van der Waals surface area (Å²) in [6, 6.07) is 11.1. The molecule has 2 fully saturated rings. The van der Waals surface area contributed by atoms with Crippen LogP contribution in [0.15, 0.2) is 53.7 Å². The van der Waals surface area contributed by atoms with Crippen LogP contribution < -0.4 is 0 Å². The van der Waals surface area contributed by atoms with Crippen LogP contribution >= 0.6 is 0 Å². The number of fused-ring (bicyclic) bond motifs is 4. The molecule has 1 heterocycles. The predicted molar refractivity (Wildman–Crippen MR) is 119 cm³/mol. The van der Waals surface area contributed by atoms with E-state index in [0.29, 0.717) is 12.0 Å². The fourth-order valence-electron chi connectivity index (χ4n) is 7.17. The highest BCUT2D eigenvalue weighted by Crippen LogP contribution is 2.67. The first-order chi connectivity index (χ1) is 14.7. The number of aliphatic hydroxyl groups is 1. The second kappa shape index (κ2) is 6.83. The minimum atomic E-state index is -1.13. The van der Waals surface area contributed by atoms with Gasteiger partial charge in [0.05, 0.1) is 11.8 Å².